The fraction of sp³-hybridized carbons (Fsp3) is 0.375. The number of halogens is 3. The lowest BCUT2D eigenvalue weighted by Crippen LogP contribution is -2.59. The number of alkyl halides is 2. The van der Waals surface area contributed by atoms with E-state index in [1.807, 2.05) is 0 Å². The number of benzene rings is 2. The van der Waals surface area contributed by atoms with Crippen LogP contribution in [0.5, 0.6) is 17.2 Å². The van der Waals surface area contributed by atoms with Crippen molar-refractivity contribution in [1.82, 2.24) is 28.4 Å². The van der Waals surface area contributed by atoms with Gasteiger partial charge in [0.05, 0.1) is 37.8 Å². The molecule has 2 aromatic carbocycles. The first-order valence-electron chi connectivity index (χ1n) is 15.1. The van der Waals surface area contributed by atoms with E-state index in [1.54, 1.807) is 37.4 Å². The van der Waals surface area contributed by atoms with Gasteiger partial charge in [-0.2, -0.15) is 0 Å². The summed E-state index contributed by atoms with van der Waals surface area (Å²) in [6.07, 6.45) is 1.34. The Hall–Kier alpha value is -4.34. The minimum Gasteiger partial charge on any atom is -0.508 e. The molecule has 0 bridgehead atoms. The second-order valence-corrected chi connectivity index (χ2v) is 14.4. The molecule has 1 saturated carbocycles. The van der Waals surface area contributed by atoms with Crippen LogP contribution in [0.3, 0.4) is 0 Å². The number of aryl methyl sites for hydroxylation is 2. The third kappa shape index (κ3) is 4.44. The van der Waals surface area contributed by atoms with Crippen molar-refractivity contribution in [2.75, 3.05) is 21.3 Å². The number of likely N-dealkylation sites (tertiary alicyclic amines) is 1. The molecule has 3 aliphatic rings. The molecule has 2 aromatic heterocycles. The number of phenolic OH excluding ortho intramolecular Hbond substituents is 1. The molecule has 2 amide bonds. The van der Waals surface area contributed by atoms with Crippen LogP contribution in [0, 0.1) is 0 Å². The maximum atomic E-state index is 14.1. The molecular formula is C32H29BrCl2N6O8. The van der Waals surface area contributed by atoms with Gasteiger partial charge < -0.3 is 19.1 Å². The Labute approximate surface area is 295 Å². The van der Waals surface area contributed by atoms with Crippen LogP contribution >= 0.6 is 39.1 Å². The second-order valence-electron chi connectivity index (χ2n) is 12.3. The lowest BCUT2D eigenvalue weighted by atomic mass is 9.64. The van der Waals surface area contributed by atoms with Crippen LogP contribution in [-0.2, 0) is 36.1 Å². The SMILES string of the molecule is COc1cc2nc(CCn3c(=O)n4n(c3=O)[C@@H]3C[C@@]5(Cl)C(=O)N(C)C(=O)[C@@]5(Cl)[C@@H](c5cc(Br)ccc5O)C3=CC4)c(=O)n(C)c2cc1OC. The van der Waals surface area contributed by atoms with Crippen LogP contribution in [0.1, 0.15) is 29.6 Å². The highest BCUT2D eigenvalue weighted by molar-refractivity contribution is 9.10. The number of aromatic nitrogens is 5. The molecule has 17 heteroatoms. The first-order valence-corrected chi connectivity index (χ1v) is 16.7. The van der Waals surface area contributed by atoms with Crippen molar-refractivity contribution in [3.8, 4) is 17.2 Å². The van der Waals surface area contributed by atoms with Gasteiger partial charge in [-0.15, -0.1) is 23.2 Å². The van der Waals surface area contributed by atoms with Crippen molar-refractivity contribution in [3.63, 3.8) is 0 Å². The molecule has 256 valence electrons. The molecule has 1 aliphatic carbocycles. The number of carbonyl (C=O) groups is 2. The van der Waals surface area contributed by atoms with Crippen LogP contribution in [-0.4, -0.2) is 76.3 Å². The molecule has 0 unspecified atom stereocenters. The summed E-state index contributed by atoms with van der Waals surface area (Å²) in [7, 11) is 5.83. The molecule has 4 aromatic rings. The predicted molar refractivity (Wildman–Crippen MR) is 182 cm³/mol. The zero-order valence-electron chi connectivity index (χ0n) is 26.6. The number of imide groups is 1. The zero-order chi connectivity index (χ0) is 35.3. The van der Waals surface area contributed by atoms with Crippen molar-refractivity contribution in [2.45, 2.75) is 47.6 Å². The zero-order valence-corrected chi connectivity index (χ0v) is 29.7. The molecule has 0 spiro atoms. The topological polar surface area (TPSA) is 160 Å². The highest BCUT2D eigenvalue weighted by Crippen LogP contribution is 2.64. The normalized spacial score (nSPS) is 24.5. The highest BCUT2D eigenvalue weighted by atomic mass is 79.9. The van der Waals surface area contributed by atoms with Gasteiger partial charge in [-0.05, 0) is 23.8 Å². The largest absolute Gasteiger partial charge is 0.508 e. The average Bonchev–Trinajstić information content (AvgIpc) is 3.40. The number of nitrogens with zero attached hydrogens (tertiary/aromatic N) is 6. The summed E-state index contributed by atoms with van der Waals surface area (Å²) in [6.45, 7) is -0.259. The van der Waals surface area contributed by atoms with Gasteiger partial charge in [-0.3, -0.25) is 19.3 Å². The number of amides is 2. The number of carbonyl (C=O) groups excluding carboxylic acids is 2. The standard InChI is InChI=1S/C32H29BrCl2N6O8/c1-37-20-13-24(49-4)23(48-3)12-19(20)36-18(26(37)43)8-9-39-29(46)40-10-7-16-21(41(40)30(39)47)14-31(34)27(44)38(2)28(45)32(31,35)25(16)17-11-15(33)5-6-22(17)42/h5-7,11-13,21,25,42H,8-10,14H2,1-4H3/t21-,25-,31-,32+/m1/s1. The average molecular weight is 776 g/mol. The Balaban J connectivity index is 1.32. The van der Waals surface area contributed by atoms with Gasteiger partial charge in [-0.25, -0.2) is 28.5 Å². The van der Waals surface area contributed by atoms with E-state index in [1.165, 1.54) is 41.3 Å². The van der Waals surface area contributed by atoms with Gasteiger partial charge in [-0.1, -0.05) is 22.0 Å². The first-order chi connectivity index (χ1) is 23.2. The fourth-order valence-corrected chi connectivity index (χ4v) is 8.81. The summed E-state index contributed by atoms with van der Waals surface area (Å²) < 4.78 is 16.2. The predicted octanol–water partition coefficient (Wildman–Crippen LogP) is 2.41. The molecule has 49 heavy (non-hydrogen) atoms. The number of ether oxygens (including phenoxy) is 2. The summed E-state index contributed by atoms with van der Waals surface area (Å²) in [4.78, 5) is 69.8. The van der Waals surface area contributed by atoms with Crippen molar-refractivity contribution >= 4 is 62.0 Å². The Kier molecular flexibility index (Phi) is 7.69. The Bertz CT molecular complexity index is 2350. The number of aromatic hydroxyl groups is 1. The third-order valence-corrected chi connectivity index (χ3v) is 11.8. The van der Waals surface area contributed by atoms with E-state index in [4.69, 9.17) is 32.7 Å². The number of rotatable bonds is 6. The monoisotopic (exact) mass is 774 g/mol. The minimum absolute atomic E-state index is 0.0579. The van der Waals surface area contributed by atoms with Crippen molar-refractivity contribution < 1.29 is 24.2 Å². The van der Waals surface area contributed by atoms with Crippen molar-refractivity contribution in [3.05, 3.63) is 89.0 Å². The quantitative estimate of drug-likeness (QED) is 0.176. The smallest absolute Gasteiger partial charge is 0.347 e. The van der Waals surface area contributed by atoms with Gasteiger partial charge >= 0.3 is 11.4 Å². The first kappa shape index (κ1) is 33.2. The second kappa shape index (κ2) is 11.4. The Morgan fingerprint density at radius 1 is 1.00 bits per heavy atom. The summed E-state index contributed by atoms with van der Waals surface area (Å²) in [5.74, 6) is -2.01. The van der Waals surface area contributed by atoms with Crippen molar-refractivity contribution in [1.29, 1.82) is 0 Å². The van der Waals surface area contributed by atoms with E-state index in [0.717, 1.165) is 9.47 Å². The highest BCUT2D eigenvalue weighted by Gasteiger charge is 2.75. The van der Waals surface area contributed by atoms with Crippen LogP contribution < -0.4 is 26.4 Å². The molecule has 2 aliphatic heterocycles. The van der Waals surface area contributed by atoms with Crippen molar-refractivity contribution in [2.24, 2.45) is 7.05 Å². The van der Waals surface area contributed by atoms with Crippen LogP contribution in [0.15, 0.2) is 60.8 Å². The molecule has 14 nitrogen and oxygen atoms in total. The summed E-state index contributed by atoms with van der Waals surface area (Å²) in [5, 5.41) is 11.0. The van der Waals surface area contributed by atoms with Gasteiger partial charge in [0, 0.05) is 61.6 Å². The van der Waals surface area contributed by atoms with E-state index in [2.05, 4.69) is 20.9 Å². The number of allylic oxidation sites excluding steroid dienone is 2. The molecule has 0 radical (unpaired) electrons. The van der Waals surface area contributed by atoms with E-state index in [9.17, 15) is 29.1 Å². The van der Waals surface area contributed by atoms with Crippen LogP contribution in [0.25, 0.3) is 11.0 Å². The van der Waals surface area contributed by atoms with E-state index in [0.29, 0.717) is 32.6 Å². The fourth-order valence-electron chi connectivity index (χ4n) is 7.44. The molecule has 4 heterocycles. The molecule has 1 N–H and O–H groups in total. The number of methoxy groups -OCH3 is 2. The summed E-state index contributed by atoms with van der Waals surface area (Å²) in [6, 6.07) is 6.89. The number of fused-ring (bicyclic) bond motifs is 5. The molecular weight excluding hydrogens is 747 g/mol. The maximum Gasteiger partial charge on any atom is 0.347 e. The molecule has 4 atom stereocenters. The van der Waals surface area contributed by atoms with Gasteiger partial charge in [0.1, 0.15) is 11.4 Å². The summed E-state index contributed by atoms with van der Waals surface area (Å²) in [5.41, 5.74) is -0.0403. The summed E-state index contributed by atoms with van der Waals surface area (Å²) >= 11 is 17.7. The molecule has 2 fully saturated rings. The van der Waals surface area contributed by atoms with E-state index >= 15 is 0 Å². The maximum absolute atomic E-state index is 14.1. The lowest BCUT2D eigenvalue weighted by molar-refractivity contribution is -0.137. The van der Waals surface area contributed by atoms with Gasteiger partial charge in [0.15, 0.2) is 21.2 Å². The Morgan fingerprint density at radius 2 is 1.69 bits per heavy atom. The molecule has 1 saturated heterocycles. The van der Waals surface area contributed by atoms with E-state index < -0.39 is 50.5 Å². The minimum atomic E-state index is -2.05. The number of phenols is 1. The lowest BCUT2D eigenvalue weighted by Gasteiger charge is -2.49. The Morgan fingerprint density at radius 3 is 2.39 bits per heavy atom. The van der Waals surface area contributed by atoms with E-state index in [-0.39, 0.29) is 42.9 Å². The van der Waals surface area contributed by atoms with Crippen LogP contribution in [0.4, 0.5) is 0 Å². The number of hydrogen-bond acceptors (Lipinski definition) is 9. The molecule has 7 rings (SSSR count). The van der Waals surface area contributed by atoms with Gasteiger partial charge in [0.25, 0.3) is 17.4 Å². The van der Waals surface area contributed by atoms with Gasteiger partial charge in [0.2, 0.25) is 0 Å². The third-order valence-electron chi connectivity index (χ3n) is 9.88. The number of hydrogen-bond donors (Lipinski definition) is 1. The van der Waals surface area contributed by atoms with Crippen LogP contribution in [0.2, 0.25) is 0 Å².